The van der Waals surface area contributed by atoms with E-state index in [1.54, 1.807) is 23.9 Å². The number of hydrogen-bond donors (Lipinski definition) is 2. The van der Waals surface area contributed by atoms with Crippen LogP contribution in [0.3, 0.4) is 0 Å². The molecule has 1 aromatic carbocycles. The minimum Gasteiger partial charge on any atom is -0.299 e. The summed E-state index contributed by atoms with van der Waals surface area (Å²) in [6.07, 6.45) is 0. The SMILES string of the molecule is Fc1cccc(NNC2=NCCS2)c1C(Cl)Cl. The quantitative estimate of drug-likeness (QED) is 0.663. The van der Waals surface area contributed by atoms with Gasteiger partial charge in [0.1, 0.15) is 10.7 Å². The minimum atomic E-state index is -0.918. The summed E-state index contributed by atoms with van der Waals surface area (Å²) in [5.41, 5.74) is 6.50. The van der Waals surface area contributed by atoms with Crippen molar-refractivity contribution >= 4 is 45.8 Å². The standard InChI is InChI=1S/C10H10Cl2FN3S/c11-9(12)8-6(13)2-1-3-7(8)15-16-10-14-4-5-17-10/h1-3,9,15H,4-5H2,(H,14,16). The van der Waals surface area contributed by atoms with E-state index in [0.717, 1.165) is 17.5 Å². The van der Waals surface area contributed by atoms with Gasteiger partial charge in [-0.2, -0.15) is 0 Å². The molecule has 0 saturated heterocycles. The first kappa shape index (κ1) is 12.8. The van der Waals surface area contributed by atoms with E-state index in [2.05, 4.69) is 15.8 Å². The Labute approximate surface area is 113 Å². The second-order valence-corrected chi connectivity index (χ2v) is 5.47. The van der Waals surface area contributed by atoms with Crippen LogP contribution in [0, 0.1) is 5.82 Å². The van der Waals surface area contributed by atoms with Crippen molar-refractivity contribution in [2.75, 3.05) is 17.7 Å². The summed E-state index contributed by atoms with van der Waals surface area (Å²) in [4.78, 5) is 3.28. The Morgan fingerprint density at radius 3 is 2.82 bits per heavy atom. The van der Waals surface area contributed by atoms with Crippen LogP contribution in [0.2, 0.25) is 0 Å². The Kier molecular flexibility index (Phi) is 4.36. The van der Waals surface area contributed by atoms with Gasteiger partial charge in [0, 0.05) is 11.3 Å². The van der Waals surface area contributed by atoms with E-state index >= 15 is 0 Å². The lowest BCUT2D eigenvalue weighted by Crippen LogP contribution is -2.26. The maximum absolute atomic E-state index is 13.5. The predicted molar refractivity (Wildman–Crippen MR) is 72.4 cm³/mol. The van der Waals surface area contributed by atoms with E-state index in [-0.39, 0.29) is 5.56 Å². The van der Waals surface area contributed by atoms with Gasteiger partial charge in [-0.05, 0) is 12.1 Å². The molecule has 0 atom stereocenters. The number of rotatable bonds is 3. The average molecular weight is 294 g/mol. The van der Waals surface area contributed by atoms with E-state index in [9.17, 15) is 4.39 Å². The minimum absolute atomic E-state index is 0.229. The molecule has 92 valence electrons. The Hall–Kier alpha value is -0.650. The van der Waals surface area contributed by atoms with Gasteiger partial charge in [-0.25, -0.2) is 4.39 Å². The van der Waals surface area contributed by atoms with Crippen molar-refractivity contribution in [3.8, 4) is 0 Å². The first-order chi connectivity index (χ1) is 8.18. The van der Waals surface area contributed by atoms with Crippen molar-refractivity contribution in [1.82, 2.24) is 5.43 Å². The second-order valence-electron chi connectivity index (χ2n) is 3.29. The number of alkyl halides is 2. The number of anilines is 1. The fraction of sp³-hybridized carbons (Fsp3) is 0.300. The molecule has 2 rings (SSSR count). The van der Waals surface area contributed by atoms with Gasteiger partial charge in [-0.3, -0.25) is 15.8 Å². The molecule has 7 heteroatoms. The molecule has 0 aromatic heterocycles. The summed E-state index contributed by atoms with van der Waals surface area (Å²) >= 11 is 13.1. The van der Waals surface area contributed by atoms with E-state index in [0.29, 0.717) is 5.69 Å². The van der Waals surface area contributed by atoms with Crippen LogP contribution in [0.5, 0.6) is 0 Å². The van der Waals surface area contributed by atoms with Crippen LogP contribution in [-0.2, 0) is 0 Å². The van der Waals surface area contributed by atoms with Gasteiger partial charge >= 0.3 is 0 Å². The topological polar surface area (TPSA) is 36.4 Å². The molecule has 0 radical (unpaired) electrons. The van der Waals surface area contributed by atoms with Gasteiger partial charge in [-0.15, -0.1) is 0 Å². The van der Waals surface area contributed by atoms with Gasteiger partial charge in [0.2, 0.25) is 0 Å². The highest BCUT2D eigenvalue weighted by Crippen LogP contribution is 2.33. The van der Waals surface area contributed by atoms with Crippen LogP contribution >= 0.6 is 35.0 Å². The fourth-order valence-electron chi connectivity index (χ4n) is 1.40. The Morgan fingerprint density at radius 1 is 1.35 bits per heavy atom. The van der Waals surface area contributed by atoms with Crippen molar-refractivity contribution in [3.63, 3.8) is 0 Å². The van der Waals surface area contributed by atoms with E-state index < -0.39 is 10.7 Å². The number of nitrogens with zero attached hydrogens (tertiary/aromatic N) is 1. The predicted octanol–water partition coefficient (Wildman–Crippen LogP) is 3.32. The zero-order chi connectivity index (χ0) is 12.3. The van der Waals surface area contributed by atoms with Crippen molar-refractivity contribution < 1.29 is 4.39 Å². The van der Waals surface area contributed by atoms with Crippen LogP contribution in [0.1, 0.15) is 10.4 Å². The third-order valence-corrected chi connectivity index (χ3v) is 3.49. The highest BCUT2D eigenvalue weighted by molar-refractivity contribution is 8.14. The molecule has 1 aliphatic rings. The largest absolute Gasteiger partial charge is 0.299 e. The number of thioether (sulfide) groups is 1. The number of halogens is 3. The van der Waals surface area contributed by atoms with Crippen molar-refractivity contribution in [3.05, 3.63) is 29.6 Å². The highest BCUT2D eigenvalue weighted by Gasteiger charge is 2.15. The molecule has 0 unspecified atom stereocenters. The number of hydrazine groups is 1. The van der Waals surface area contributed by atoms with E-state index in [1.807, 2.05) is 0 Å². The van der Waals surface area contributed by atoms with Gasteiger partial charge < -0.3 is 0 Å². The van der Waals surface area contributed by atoms with Crippen LogP contribution in [0.25, 0.3) is 0 Å². The second kappa shape index (κ2) is 5.80. The van der Waals surface area contributed by atoms with E-state index in [4.69, 9.17) is 23.2 Å². The van der Waals surface area contributed by atoms with Crippen molar-refractivity contribution in [1.29, 1.82) is 0 Å². The lowest BCUT2D eigenvalue weighted by atomic mass is 10.2. The molecular formula is C10H10Cl2FN3S. The molecule has 3 nitrogen and oxygen atoms in total. The van der Waals surface area contributed by atoms with Crippen molar-refractivity contribution in [2.24, 2.45) is 4.99 Å². The molecule has 0 fully saturated rings. The number of hydrogen-bond acceptors (Lipinski definition) is 4. The number of amidine groups is 1. The molecule has 1 aromatic rings. The summed E-state index contributed by atoms with van der Waals surface area (Å²) in [6.45, 7) is 0.790. The van der Waals surface area contributed by atoms with Gasteiger partial charge in [0.25, 0.3) is 0 Å². The fourth-order valence-corrected chi connectivity index (χ4v) is 2.52. The average Bonchev–Trinajstić information content (AvgIpc) is 2.78. The van der Waals surface area contributed by atoms with E-state index in [1.165, 1.54) is 6.07 Å². The third kappa shape index (κ3) is 3.18. The summed E-state index contributed by atoms with van der Waals surface area (Å²) in [7, 11) is 0. The zero-order valence-corrected chi connectivity index (χ0v) is 11.0. The number of benzene rings is 1. The first-order valence-electron chi connectivity index (χ1n) is 4.94. The zero-order valence-electron chi connectivity index (χ0n) is 8.71. The molecule has 2 N–H and O–H groups in total. The molecule has 0 bridgehead atoms. The maximum Gasteiger partial charge on any atom is 0.175 e. The summed E-state index contributed by atoms with van der Waals surface area (Å²) in [5, 5.41) is 0.779. The first-order valence-corrected chi connectivity index (χ1v) is 6.80. The molecule has 1 aliphatic heterocycles. The highest BCUT2D eigenvalue weighted by atomic mass is 35.5. The Bertz CT molecular complexity index is 440. The number of nitrogens with one attached hydrogen (secondary N) is 2. The molecule has 1 heterocycles. The lowest BCUT2D eigenvalue weighted by Gasteiger charge is -2.14. The molecule has 0 amide bonds. The van der Waals surface area contributed by atoms with Gasteiger partial charge in [0.05, 0.1) is 12.2 Å². The monoisotopic (exact) mass is 293 g/mol. The van der Waals surface area contributed by atoms with Crippen molar-refractivity contribution in [2.45, 2.75) is 4.84 Å². The van der Waals surface area contributed by atoms with Crippen LogP contribution in [0.4, 0.5) is 10.1 Å². The van der Waals surface area contributed by atoms with Crippen LogP contribution in [-0.4, -0.2) is 17.5 Å². The normalized spacial score (nSPS) is 14.9. The number of aliphatic imine (C=N–C) groups is 1. The molecule has 0 spiro atoms. The smallest absolute Gasteiger partial charge is 0.175 e. The van der Waals surface area contributed by atoms with Crippen LogP contribution in [0.15, 0.2) is 23.2 Å². The molecule has 0 saturated carbocycles. The van der Waals surface area contributed by atoms with Gasteiger partial charge in [0.15, 0.2) is 5.17 Å². The van der Waals surface area contributed by atoms with Gasteiger partial charge in [-0.1, -0.05) is 41.0 Å². The maximum atomic E-state index is 13.5. The Balaban J connectivity index is 2.11. The summed E-state index contributed by atoms with van der Waals surface area (Å²) in [6, 6.07) is 4.60. The summed E-state index contributed by atoms with van der Waals surface area (Å²) < 4.78 is 13.5. The van der Waals surface area contributed by atoms with Crippen LogP contribution < -0.4 is 10.9 Å². The molecular weight excluding hydrogens is 284 g/mol. The molecule has 17 heavy (non-hydrogen) atoms. The summed E-state index contributed by atoms with van der Waals surface area (Å²) in [5.74, 6) is 0.515. The molecule has 0 aliphatic carbocycles. The Morgan fingerprint density at radius 2 is 2.18 bits per heavy atom. The lowest BCUT2D eigenvalue weighted by molar-refractivity contribution is 0.616. The third-order valence-electron chi connectivity index (χ3n) is 2.16.